The van der Waals surface area contributed by atoms with Crippen molar-refractivity contribution < 1.29 is 38.1 Å². The fourth-order valence-corrected chi connectivity index (χ4v) is 6.14. The van der Waals surface area contributed by atoms with Gasteiger partial charge in [-0.05, 0) is 93.1 Å². The molecule has 0 unspecified atom stereocenters. The second-order valence-corrected chi connectivity index (χ2v) is 14.3. The zero-order chi connectivity index (χ0) is 37.6. The van der Waals surface area contributed by atoms with Crippen molar-refractivity contribution in [3.8, 4) is 16.9 Å². The largest absolute Gasteiger partial charge is 0.490 e. The predicted molar refractivity (Wildman–Crippen MR) is 194 cm³/mol. The molecular weight excluding hydrogens is 670 g/mol. The maximum atomic E-state index is 14.9. The summed E-state index contributed by atoms with van der Waals surface area (Å²) in [4.78, 5) is 33.4. The van der Waals surface area contributed by atoms with Crippen LogP contribution in [-0.4, -0.2) is 71.8 Å². The number of alkyl carbamates (subject to hydrolysis) is 1. The average molecular weight is 717 g/mol. The summed E-state index contributed by atoms with van der Waals surface area (Å²) >= 11 is 0. The van der Waals surface area contributed by atoms with E-state index in [1.54, 1.807) is 39.1 Å². The molecule has 276 valence electrons. The molecule has 0 saturated carbocycles. The summed E-state index contributed by atoms with van der Waals surface area (Å²) in [5.41, 5.74) is 2.33. The first-order valence-electron chi connectivity index (χ1n) is 17.2. The molecule has 0 bridgehead atoms. The van der Waals surface area contributed by atoms with E-state index >= 15 is 0 Å². The first-order valence-corrected chi connectivity index (χ1v) is 17.2. The highest BCUT2D eigenvalue weighted by Gasteiger charge is 2.35. The van der Waals surface area contributed by atoms with Gasteiger partial charge in [0, 0.05) is 37.3 Å². The maximum Gasteiger partial charge on any atom is 0.407 e. The number of aromatic nitrogens is 1. The van der Waals surface area contributed by atoms with Crippen LogP contribution in [0.15, 0.2) is 85.1 Å². The third kappa shape index (κ3) is 10.0. The van der Waals surface area contributed by atoms with Crippen molar-refractivity contribution in [2.75, 3.05) is 25.6 Å². The third-order valence-electron chi connectivity index (χ3n) is 8.84. The van der Waals surface area contributed by atoms with E-state index in [9.17, 15) is 28.6 Å². The van der Waals surface area contributed by atoms with Crippen LogP contribution in [0.25, 0.3) is 11.1 Å². The van der Waals surface area contributed by atoms with Gasteiger partial charge in [-0.15, -0.1) is 0 Å². The molecule has 5 atom stereocenters. The topological polar surface area (TPSA) is 133 Å². The quantitative estimate of drug-likeness (QED) is 0.146. The molecule has 0 radical (unpaired) electrons. The number of aliphatic hydroxyl groups excluding tert-OH is 2. The van der Waals surface area contributed by atoms with Gasteiger partial charge in [-0.3, -0.25) is 4.79 Å². The molecule has 1 aromatic heterocycles. The van der Waals surface area contributed by atoms with E-state index in [0.717, 1.165) is 22.5 Å². The van der Waals surface area contributed by atoms with Crippen molar-refractivity contribution in [1.29, 1.82) is 0 Å². The molecule has 4 N–H and O–H groups in total. The summed E-state index contributed by atoms with van der Waals surface area (Å²) in [7, 11) is 3.83. The van der Waals surface area contributed by atoms with Crippen LogP contribution in [0.1, 0.15) is 49.9 Å². The number of ether oxygens (including phenoxy) is 2. The van der Waals surface area contributed by atoms with Crippen molar-refractivity contribution in [3.05, 3.63) is 113 Å². The van der Waals surface area contributed by atoms with Crippen LogP contribution in [0.2, 0.25) is 0 Å². The van der Waals surface area contributed by atoms with Crippen LogP contribution < -0.4 is 20.3 Å². The Kier molecular flexibility index (Phi) is 12.1. The molecular formula is C40H46F2N4O6. The number of pyridine rings is 1. The highest BCUT2D eigenvalue weighted by molar-refractivity contribution is 5.80. The van der Waals surface area contributed by atoms with E-state index in [-0.39, 0.29) is 37.0 Å². The van der Waals surface area contributed by atoms with Gasteiger partial charge in [-0.2, -0.15) is 0 Å². The number of rotatable bonds is 12. The number of halogens is 2. The lowest BCUT2D eigenvalue weighted by Crippen LogP contribution is -2.49. The van der Waals surface area contributed by atoms with E-state index in [1.807, 2.05) is 55.4 Å². The van der Waals surface area contributed by atoms with Gasteiger partial charge >= 0.3 is 6.09 Å². The number of hydrogen-bond donors (Lipinski definition) is 4. The van der Waals surface area contributed by atoms with Gasteiger partial charge in [0.05, 0.1) is 18.2 Å². The van der Waals surface area contributed by atoms with E-state index in [2.05, 4.69) is 15.6 Å². The molecule has 1 aliphatic heterocycles. The molecule has 0 aliphatic carbocycles. The second-order valence-electron chi connectivity index (χ2n) is 14.3. The fourth-order valence-electron chi connectivity index (χ4n) is 6.14. The summed E-state index contributed by atoms with van der Waals surface area (Å²) in [6.07, 6.45) is -1.57. The van der Waals surface area contributed by atoms with Crippen LogP contribution in [0.3, 0.4) is 0 Å². The molecule has 3 aromatic carbocycles. The van der Waals surface area contributed by atoms with Crippen molar-refractivity contribution in [1.82, 2.24) is 15.6 Å². The average Bonchev–Trinajstić information content (AvgIpc) is 3.09. The first-order chi connectivity index (χ1) is 24.7. The minimum Gasteiger partial charge on any atom is -0.490 e. The molecule has 12 heteroatoms. The number of fused-ring (bicyclic) bond motifs is 1. The molecule has 0 saturated heterocycles. The molecule has 2 amide bonds. The second kappa shape index (κ2) is 16.5. The Balaban J connectivity index is 1.40. The Hall–Kier alpha value is -5.07. The number of nitrogens with one attached hydrogen (secondary N) is 2. The Labute approximate surface area is 302 Å². The molecule has 0 spiro atoms. The van der Waals surface area contributed by atoms with Crippen LogP contribution in [0.5, 0.6) is 5.75 Å². The number of carbonyl (C=O) groups is 2. The molecule has 5 rings (SSSR count). The number of anilines is 1. The lowest BCUT2D eigenvalue weighted by Gasteiger charge is -2.33. The van der Waals surface area contributed by atoms with E-state index in [4.69, 9.17) is 9.47 Å². The van der Waals surface area contributed by atoms with Crippen molar-refractivity contribution in [3.63, 3.8) is 0 Å². The Morgan fingerprint density at radius 1 is 1.00 bits per heavy atom. The summed E-state index contributed by atoms with van der Waals surface area (Å²) < 4.78 is 40.2. The summed E-state index contributed by atoms with van der Waals surface area (Å²) in [5, 5.41) is 28.1. The van der Waals surface area contributed by atoms with Gasteiger partial charge in [0.1, 0.15) is 41.5 Å². The van der Waals surface area contributed by atoms with Gasteiger partial charge in [0.15, 0.2) is 0 Å². The third-order valence-corrected chi connectivity index (χ3v) is 8.84. The normalized spacial score (nSPS) is 17.2. The maximum absolute atomic E-state index is 14.9. The van der Waals surface area contributed by atoms with Gasteiger partial charge in [0.2, 0.25) is 5.91 Å². The SMILES string of the molecule is CN(C)c1ccc(-c2ccc(C[C@H](NC(=O)OC(C)(C)C)[C@@H](O)C[C@@H](Cc3ccccc3F)C(=O)N[C@H]3c4cc(F)ccc4OC[C@H]3O)cc2)cn1. The van der Waals surface area contributed by atoms with Crippen molar-refractivity contribution in [2.45, 2.75) is 69.9 Å². The van der Waals surface area contributed by atoms with Crippen LogP contribution in [-0.2, 0) is 22.4 Å². The van der Waals surface area contributed by atoms with Crippen molar-refractivity contribution >= 4 is 17.8 Å². The lowest BCUT2D eigenvalue weighted by atomic mass is 9.87. The van der Waals surface area contributed by atoms with Gasteiger partial charge in [0.25, 0.3) is 0 Å². The molecule has 4 aromatic rings. The summed E-state index contributed by atoms with van der Waals surface area (Å²) in [6.45, 7) is 5.03. The Morgan fingerprint density at radius 3 is 2.37 bits per heavy atom. The molecule has 52 heavy (non-hydrogen) atoms. The van der Waals surface area contributed by atoms with E-state index in [0.29, 0.717) is 5.75 Å². The highest BCUT2D eigenvalue weighted by atomic mass is 19.1. The zero-order valence-electron chi connectivity index (χ0n) is 30.0. The minimum atomic E-state index is -1.30. The lowest BCUT2D eigenvalue weighted by molar-refractivity contribution is -0.128. The number of hydrogen-bond acceptors (Lipinski definition) is 8. The predicted octanol–water partition coefficient (Wildman–Crippen LogP) is 5.75. The number of amides is 2. The number of carbonyl (C=O) groups excluding carboxylic acids is 2. The first kappa shape index (κ1) is 38.2. The number of aliphatic hydroxyl groups is 2. The monoisotopic (exact) mass is 716 g/mol. The molecule has 0 fully saturated rings. The summed E-state index contributed by atoms with van der Waals surface area (Å²) in [6, 6.07) is 19.4. The molecule has 10 nitrogen and oxygen atoms in total. The minimum absolute atomic E-state index is 0.0978. The standard InChI is InChI=1S/C40H46F2N4O6/c1-40(2,3)52-39(50)44-32(18-24-10-12-25(13-11-24)27-14-17-36(43-22-27)46(4)5)33(47)20-28(19-26-8-6-7-9-31(26)42)38(49)45-37-30-21-29(41)15-16-35(30)51-23-34(37)48/h6-17,21-22,28,32-34,37,47-48H,18-20,23H2,1-5H3,(H,44,50)(H,45,49)/t28-,32+,33+,34-,37+/m1/s1. The Bertz CT molecular complexity index is 1830. The van der Waals surface area contributed by atoms with Crippen LogP contribution in [0.4, 0.5) is 19.4 Å². The number of nitrogens with zero attached hydrogens (tertiary/aromatic N) is 2. The van der Waals surface area contributed by atoms with E-state index < -0.39 is 59.4 Å². The fraction of sp³-hybridized carbons (Fsp3) is 0.375. The van der Waals surface area contributed by atoms with Gasteiger partial charge < -0.3 is 35.2 Å². The zero-order valence-corrected chi connectivity index (χ0v) is 30.0. The summed E-state index contributed by atoms with van der Waals surface area (Å²) in [5.74, 6) is -1.58. The van der Waals surface area contributed by atoms with E-state index in [1.165, 1.54) is 30.3 Å². The van der Waals surface area contributed by atoms with Gasteiger partial charge in [-0.25, -0.2) is 18.6 Å². The highest BCUT2D eigenvalue weighted by Crippen LogP contribution is 2.34. The van der Waals surface area contributed by atoms with Crippen LogP contribution in [0, 0.1) is 17.6 Å². The van der Waals surface area contributed by atoms with Crippen molar-refractivity contribution in [2.24, 2.45) is 5.92 Å². The van der Waals surface area contributed by atoms with Crippen LogP contribution >= 0.6 is 0 Å². The Morgan fingerprint density at radius 2 is 1.71 bits per heavy atom. The molecule has 1 aliphatic rings. The number of benzene rings is 3. The van der Waals surface area contributed by atoms with Gasteiger partial charge in [-0.1, -0.05) is 42.5 Å². The molecule has 2 heterocycles. The smallest absolute Gasteiger partial charge is 0.407 e.